The van der Waals surface area contributed by atoms with Crippen molar-refractivity contribution in [3.05, 3.63) is 28.4 Å². The molecule has 0 aliphatic heterocycles. The van der Waals surface area contributed by atoms with Crippen LogP contribution in [0.1, 0.15) is 6.92 Å². The zero-order chi connectivity index (χ0) is 12.0. The molecule has 1 aromatic rings. The topological polar surface area (TPSA) is 77.3 Å². The number of hydrogen-bond acceptors (Lipinski definition) is 5. The maximum Gasteiger partial charge on any atom is 0.406 e. The van der Waals surface area contributed by atoms with Gasteiger partial charge in [0.05, 0.1) is 6.61 Å². The summed E-state index contributed by atoms with van der Waals surface area (Å²) in [5.74, 6) is 0.263. The van der Waals surface area contributed by atoms with Gasteiger partial charge in [-0.15, -0.1) is 0 Å². The Kier molecular flexibility index (Phi) is 4.65. The van der Waals surface area contributed by atoms with Gasteiger partial charge in [-0.05, 0) is 29.1 Å². The molecule has 1 aromatic heterocycles. The van der Waals surface area contributed by atoms with Crippen LogP contribution in [0.25, 0.3) is 0 Å². The maximum absolute atomic E-state index is 10.6. The molecule has 1 atom stereocenters. The number of pyridine rings is 1. The standard InChI is InChI=1S/C10H15N3O3/c1-8(6-11-2)7-16-9-4-3-5-12-10(9)13(14)15/h3-5,8,11H,6-7H2,1-2H3. The van der Waals surface area contributed by atoms with Gasteiger partial charge in [-0.3, -0.25) is 0 Å². The van der Waals surface area contributed by atoms with Gasteiger partial charge in [-0.2, -0.15) is 0 Å². The summed E-state index contributed by atoms with van der Waals surface area (Å²) in [5, 5.41) is 13.7. The molecule has 1 heterocycles. The second-order valence-corrected chi connectivity index (χ2v) is 3.56. The summed E-state index contributed by atoms with van der Waals surface area (Å²) in [6, 6.07) is 3.17. The van der Waals surface area contributed by atoms with Crippen molar-refractivity contribution in [2.24, 2.45) is 5.92 Å². The van der Waals surface area contributed by atoms with Gasteiger partial charge in [0.1, 0.15) is 6.20 Å². The number of hydrogen-bond donors (Lipinski definition) is 1. The molecule has 0 radical (unpaired) electrons. The van der Waals surface area contributed by atoms with Crippen LogP contribution in [0.15, 0.2) is 18.3 Å². The van der Waals surface area contributed by atoms with Crippen LogP contribution in [0.2, 0.25) is 0 Å². The Balaban J connectivity index is 2.63. The molecule has 16 heavy (non-hydrogen) atoms. The first kappa shape index (κ1) is 12.4. The molecule has 6 heteroatoms. The molecule has 0 aromatic carbocycles. The molecule has 1 unspecified atom stereocenters. The fraction of sp³-hybridized carbons (Fsp3) is 0.500. The maximum atomic E-state index is 10.6. The van der Waals surface area contributed by atoms with Gasteiger partial charge in [-0.25, -0.2) is 0 Å². The van der Waals surface area contributed by atoms with Crippen LogP contribution in [-0.4, -0.2) is 30.1 Å². The van der Waals surface area contributed by atoms with Gasteiger partial charge in [-0.1, -0.05) is 6.92 Å². The van der Waals surface area contributed by atoms with Crippen molar-refractivity contribution in [1.29, 1.82) is 0 Å². The Morgan fingerprint density at radius 2 is 2.44 bits per heavy atom. The Bertz CT molecular complexity index is 357. The minimum atomic E-state index is -0.544. The lowest BCUT2D eigenvalue weighted by Crippen LogP contribution is -2.21. The van der Waals surface area contributed by atoms with E-state index in [1.165, 1.54) is 6.20 Å². The van der Waals surface area contributed by atoms with Gasteiger partial charge in [0.25, 0.3) is 0 Å². The van der Waals surface area contributed by atoms with Crippen LogP contribution in [0.4, 0.5) is 5.82 Å². The van der Waals surface area contributed by atoms with Gasteiger partial charge in [0.2, 0.25) is 5.75 Å². The van der Waals surface area contributed by atoms with Gasteiger partial charge < -0.3 is 20.2 Å². The van der Waals surface area contributed by atoms with Crippen LogP contribution in [0.5, 0.6) is 5.75 Å². The van der Waals surface area contributed by atoms with Crippen LogP contribution >= 0.6 is 0 Å². The van der Waals surface area contributed by atoms with Crippen molar-refractivity contribution < 1.29 is 9.66 Å². The average Bonchev–Trinajstić information content (AvgIpc) is 2.27. The van der Waals surface area contributed by atoms with E-state index in [4.69, 9.17) is 4.74 Å². The van der Waals surface area contributed by atoms with E-state index in [9.17, 15) is 10.1 Å². The Hall–Kier alpha value is -1.69. The number of nitrogens with one attached hydrogen (secondary N) is 1. The van der Waals surface area contributed by atoms with Crippen molar-refractivity contribution in [2.75, 3.05) is 20.2 Å². The highest BCUT2D eigenvalue weighted by Crippen LogP contribution is 2.23. The summed E-state index contributed by atoms with van der Waals surface area (Å²) in [5.41, 5.74) is 0. The second kappa shape index (κ2) is 6.02. The predicted molar refractivity (Wildman–Crippen MR) is 59.5 cm³/mol. The van der Waals surface area contributed by atoms with Crippen molar-refractivity contribution in [1.82, 2.24) is 10.3 Å². The van der Waals surface area contributed by atoms with Crippen molar-refractivity contribution >= 4 is 5.82 Å². The number of nitrogens with zero attached hydrogens (tertiary/aromatic N) is 2. The summed E-state index contributed by atoms with van der Waals surface area (Å²) in [6.45, 7) is 3.22. The summed E-state index contributed by atoms with van der Waals surface area (Å²) >= 11 is 0. The normalized spacial score (nSPS) is 12.1. The molecule has 0 aliphatic carbocycles. The molecule has 1 N–H and O–H groups in total. The number of aromatic nitrogens is 1. The summed E-state index contributed by atoms with van der Waals surface area (Å²) in [4.78, 5) is 13.8. The Morgan fingerprint density at radius 3 is 3.06 bits per heavy atom. The monoisotopic (exact) mass is 225 g/mol. The largest absolute Gasteiger partial charge is 0.485 e. The van der Waals surface area contributed by atoms with Crippen LogP contribution in [-0.2, 0) is 0 Å². The highest BCUT2D eigenvalue weighted by atomic mass is 16.6. The minimum absolute atomic E-state index is 0.218. The smallest absolute Gasteiger partial charge is 0.406 e. The number of rotatable bonds is 6. The molecule has 0 spiro atoms. The third-order valence-electron chi connectivity index (χ3n) is 2.00. The molecular formula is C10H15N3O3. The first-order valence-electron chi connectivity index (χ1n) is 5.02. The zero-order valence-corrected chi connectivity index (χ0v) is 9.34. The average molecular weight is 225 g/mol. The Labute approximate surface area is 93.8 Å². The molecule has 0 aliphatic rings. The molecule has 0 amide bonds. The first-order chi connectivity index (χ1) is 7.65. The molecular weight excluding hydrogens is 210 g/mol. The number of ether oxygens (including phenoxy) is 1. The van der Waals surface area contributed by atoms with E-state index in [0.717, 1.165) is 6.54 Å². The first-order valence-corrected chi connectivity index (χ1v) is 5.02. The third-order valence-corrected chi connectivity index (χ3v) is 2.00. The highest BCUT2D eigenvalue weighted by molar-refractivity contribution is 5.38. The van der Waals surface area contributed by atoms with Crippen LogP contribution in [0.3, 0.4) is 0 Å². The molecule has 1 rings (SSSR count). The Morgan fingerprint density at radius 1 is 1.69 bits per heavy atom. The van der Waals surface area contributed by atoms with E-state index in [2.05, 4.69) is 10.3 Å². The zero-order valence-electron chi connectivity index (χ0n) is 9.34. The van der Waals surface area contributed by atoms with Crippen molar-refractivity contribution in [3.8, 4) is 5.75 Å². The molecule has 0 fully saturated rings. The molecule has 0 saturated carbocycles. The van der Waals surface area contributed by atoms with Crippen molar-refractivity contribution in [2.45, 2.75) is 6.92 Å². The van der Waals surface area contributed by atoms with Gasteiger partial charge in [0.15, 0.2) is 0 Å². The van der Waals surface area contributed by atoms with Crippen LogP contribution in [0, 0.1) is 16.0 Å². The van der Waals surface area contributed by atoms with E-state index >= 15 is 0 Å². The molecule has 0 saturated heterocycles. The fourth-order valence-electron chi connectivity index (χ4n) is 1.27. The second-order valence-electron chi connectivity index (χ2n) is 3.56. The van der Waals surface area contributed by atoms with E-state index < -0.39 is 4.92 Å². The molecule has 88 valence electrons. The summed E-state index contributed by atoms with van der Waals surface area (Å²) in [7, 11) is 1.85. The van der Waals surface area contributed by atoms with E-state index in [-0.39, 0.29) is 17.5 Å². The molecule has 6 nitrogen and oxygen atoms in total. The lowest BCUT2D eigenvalue weighted by molar-refractivity contribution is -0.390. The minimum Gasteiger partial charge on any atom is -0.485 e. The predicted octanol–water partition coefficient (Wildman–Crippen LogP) is 1.22. The molecule has 0 bridgehead atoms. The van der Waals surface area contributed by atoms with E-state index in [1.54, 1.807) is 12.1 Å². The fourth-order valence-corrected chi connectivity index (χ4v) is 1.27. The number of nitro groups is 1. The SMILES string of the molecule is CNCC(C)COc1cccnc1[N+](=O)[O-]. The van der Waals surface area contributed by atoms with Crippen LogP contribution < -0.4 is 10.1 Å². The van der Waals surface area contributed by atoms with E-state index in [0.29, 0.717) is 6.61 Å². The highest BCUT2D eigenvalue weighted by Gasteiger charge is 2.16. The lowest BCUT2D eigenvalue weighted by atomic mass is 10.2. The third kappa shape index (κ3) is 3.47. The summed E-state index contributed by atoms with van der Waals surface area (Å²) in [6.07, 6.45) is 1.38. The van der Waals surface area contributed by atoms with E-state index in [1.807, 2.05) is 14.0 Å². The van der Waals surface area contributed by atoms with Gasteiger partial charge >= 0.3 is 5.82 Å². The lowest BCUT2D eigenvalue weighted by Gasteiger charge is -2.11. The van der Waals surface area contributed by atoms with Crippen molar-refractivity contribution in [3.63, 3.8) is 0 Å². The van der Waals surface area contributed by atoms with Gasteiger partial charge in [0, 0.05) is 12.5 Å². The quantitative estimate of drug-likeness (QED) is 0.582. The summed E-state index contributed by atoms with van der Waals surface area (Å²) < 4.78 is 5.37.